The summed E-state index contributed by atoms with van der Waals surface area (Å²) in [6.45, 7) is 9.84. The maximum atomic E-state index is 11.9. The highest BCUT2D eigenvalue weighted by molar-refractivity contribution is 5.68. The maximum Gasteiger partial charge on any atom is 0.408 e. The molecule has 1 N–H and O–H groups in total. The van der Waals surface area contributed by atoms with Gasteiger partial charge in [0.05, 0.1) is 6.04 Å². The van der Waals surface area contributed by atoms with Crippen molar-refractivity contribution >= 4 is 12.2 Å². The van der Waals surface area contributed by atoms with Crippen LogP contribution in [-0.4, -0.2) is 17.7 Å². The van der Waals surface area contributed by atoms with Crippen molar-refractivity contribution in [2.75, 3.05) is 0 Å². The summed E-state index contributed by atoms with van der Waals surface area (Å²) in [7, 11) is 0. The molecule has 0 bridgehead atoms. The Labute approximate surface area is 128 Å². The molecule has 0 fully saturated rings. The molecule has 0 heterocycles. The van der Waals surface area contributed by atoms with E-state index >= 15 is 0 Å². The van der Waals surface area contributed by atoms with Crippen molar-refractivity contribution in [2.24, 2.45) is 5.92 Å². The molecule has 0 aliphatic carbocycles. The van der Waals surface area contributed by atoms with Gasteiger partial charge in [0.25, 0.3) is 0 Å². The van der Waals surface area contributed by atoms with E-state index in [1.54, 1.807) is 0 Å². The topological polar surface area (TPSA) is 38.3 Å². The molecule has 0 saturated carbocycles. The van der Waals surface area contributed by atoms with E-state index in [0.717, 1.165) is 12.0 Å². The van der Waals surface area contributed by atoms with Crippen LogP contribution >= 0.6 is 0 Å². The first kappa shape index (κ1) is 17.3. The predicted octanol–water partition coefficient (Wildman–Crippen LogP) is 4.64. The van der Waals surface area contributed by atoms with Crippen LogP contribution in [0, 0.1) is 5.92 Å². The van der Waals surface area contributed by atoms with Crippen molar-refractivity contribution in [3.63, 3.8) is 0 Å². The summed E-state index contributed by atoms with van der Waals surface area (Å²) in [5.74, 6) is 0.345. The zero-order chi connectivity index (χ0) is 15.9. The number of carbonyl (C=O) groups is 1. The molecule has 0 aliphatic heterocycles. The van der Waals surface area contributed by atoms with Crippen molar-refractivity contribution in [3.8, 4) is 0 Å². The van der Waals surface area contributed by atoms with Crippen LogP contribution in [0.2, 0.25) is 0 Å². The Morgan fingerprint density at radius 3 is 2.43 bits per heavy atom. The Hall–Kier alpha value is -1.77. The summed E-state index contributed by atoms with van der Waals surface area (Å²) in [6.07, 6.45) is 4.69. The average Bonchev–Trinajstić information content (AvgIpc) is 2.41. The monoisotopic (exact) mass is 289 g/mol. The minimum atomic E-state index is -0.479. The van der Waals surface area contributed by atoms with Gasteiger partial charge >= 0.3 is 6.09 Å². The van der Waals surface area contributed by atoms with Gasteiger partial charge < -0.3 is 10.1 Å². The van der Waals surface area contributed by atoms with Gasteiger partial charge in [-0.05, 0) is 32.3 Å². The fraction of sp³-hybridized carbons (Fsp3) is 0.500. The number of ether oxygens (including phenoxy) is 1. The number of benzene rings is 1. The maximum absolute atomic E-state index is 11.9. The Kier molecular flexibility index (Phi) is 6.47. The number of amides is 1. The lowest BCUT2D eigenvalue weighted by molar-refractivity contribution is 0.0502. The minimum absolute atomic E-state index is 0.0370. The second-order valence-corrected chi connectivity index (χ2v) is 6.33. The fourth-order valence-corrected chi connectivity index (χ4v) is 1.86. The van der Waals surface area contributed by atoms with E-state index in [9.17, 15) is 4.79 Å². The lowest BCUT2D eigenvalue weighted by Crippen LogP contribution is -2.41. The molecule has 2 atom stereocenters. The standard InChI is InChI=1S/C18H27NO2/c1-6-14(2)16(19-17(20)21-18(3,4)5)13-12-15-10-8-7-9-11-15/h7-14,16H,6H2,1-5H3,(H,19,20)/t14-,16+/m0/s1. The molecule has 0 aromatic heterocycles. The molecule has 3 nitrogen and oxygen atoms in total. The van der Waals surface area contributed by atoms with Gasteiger partial charge in [-0.25, -0.2) is 4.79 Å². The normalized spacial score (nSPS) is 14.7. The van der Waals surface area contributed by atoms with E-state index in [4.69, 9.17) is 4.74 Å². The third-order valence-corrected chi connectivity index (χ3v) is 3.24. The van der Waals surface area contributed by atoms with Crippen LogP contribution in [0.25, 0.3) is 6.08 Å². The van der Waals surface area contributed by atoms with E-state index in [-0.39, 0.29) is 12.1 Å². The minimum Gasteiger partial charge on any atom is -0.444 e. The molecule has 1 aromatic rings. The van der Waals surface area contributed by atoms with Crippen molar-refractivity contribution in [1.29, 1.82) is 0 Å². The Balaban J connectivity index is 2.73. The van der Waals surface area contributed by atoms with Crippen LogP contribution in [0.4, 0.5) is 4.79 Å². The van der Waals surface area contributed by atoms with Crippen LogP contribution in [0.5, 0.6) is 0 Å². The van der Waals surface area contributed by atoms with Crippen molar-refractivity contribution < 1.29 is 9.53 Å². The molecule has 1 amide bonds. The quantitative estimate of drug-likeness (QED) is 0.857. The molecule has 116 valence electrons. The first-order valence-corrected chi connectivity index (χ1v) is 7.54. The van der Waals surface area contributed by atoms with Gasteiger partial charge in [-0.1, -0.05) is 62.8 Å². The van der Waals surface area contributed by atoms with Crippen LogP contribution < -0.4 is 5.32 Å². The Morgan fingerprint density at radius 1 is 1.29 bits per heavy atom. The van der Waals surface area contributed by atoms with Gasteiger partial charge in [0.1, 0.15) is 5.60 Å². The van der Waals surface area contributed by atoms with Gasteiger partial charge in [0.2, 0.25) is 0 Å². The summed E-state index contributed by atoms with van der Waals surface area (Å²) in [5, 5.41) is 2.95. The van der Waals surface area contributed by atoms with Gasteiger partial charge in [-0.3, -0.25) is 0 Å². The first-order valence-electron chi connectivity index (χ1n) is 7.54. The van der Waals surface area contributed by atoms with Crippen LogP contribution in [0.3, 0.4) is 0 Å². The second kappa shape index (κ2) is 7.87. The van der Waals surface area contributed by atoms with Crippen molar-refractivity contribution in [1.82, 2.24) is 5.32 Å². The third kappa shape index (κ3) is 6.98. The van der Waals surface area contributed by atoms with Crippen molar-refractivity contribution in [3.05, 3.63) is 42.0 Å². The summed E-state index contributed by atoms with van der Waals surface area (Å²) in [5.41, 5.74) is 0.643. The number of hydrogen-bond acceptors (Lipinski definition) is 2. The fourth-order valence-electron chi connectivity index (χ4n) is 1.86. The van der Waals surface area contributed by atoms with Gasteiger partial charge in [-0.2, -0.15) is 0 Å². The molecule has 0 unspecified atom stereocenters. The number of carbonyl (C=O) groups excluding carboxylic acids is 1. The van der Waals surface area contributed by atoms with Crippen molar-refractivity contribution in [2.45, 2.75) is 52.7 Å². The first-order chi connectivity index (χ1) is 9.81. The van der Waals surface area contributed by atoms with Gasteiger partial charge in [0, 0.05) is 0 Å². The van der Waals surface area contributed by atoms with E-state index in [1.165, 1.54) is 0 Å². The molecule has 1 aromatic carbocycles. The SMILES string of the molecule is CC[C@H](C)[C@@H](C=Cc1ccccc1)NC(=O)OC(C)(C)C. The number of hydrogen-bond donors (Lipinski definition) is 1. The highest BCUT2D eigenvalue weighted by Crippen LogP contribution is 2.13. The molecule has 0 saturated heterocycles. The number of alkyl carbamates (subject to hydrolysis) is 1. The summed E-state index contributed by atoms with van der Waals surface area (Å²) < 4.78 is 5.33. The lowest BCUT2D eigenvalue weighted by Gasteiger charge is -2.25. The average molecular weight is 289 g/mol. The smallest absolute Gasteiger partial charge is 0.408 e. The van der Waals surface area contributed by atoms with Crippen LogP contribution in [0.1, 0.15) is 46.6 Å². The van der Waals surface area contributed by atoms with E-state index < -0.39 is 5.60 Å². The van der Waals surface area contributed by atoms with E-state index in [1.807, 2.05) is 63.3 Å². The molecule has 0 aliphatic rings. The summed E-state index contributed by atoms with van der Waals surface area (Å²) in [4.78, 5) is 11.9. The van der Waals surface area contributed by atoms with E-state index in [0.29, 0.717) is 5.92 Å². The second-order valence-electron chi connectivity index (χ2n) is 6.33. The molecule has 0 radical (unpaired) electrons. The molecule has 1 rings (SSSR count). The highest BCUT2D eigenvalue weighted by atomic mass is 16.6. The van der Waals surface area contributed by atoms with Gasteiger partial charge in [0.15, 0.2) is 0 Å². The molecular formula is C18H27NO2. The third-order valence-electron chi connectivity index (χ3n) is 3.24. The molecule has 0 spiro atoms. The highest BCUT2D eigenvalue weighted by Gasteiger charge is 2.20. The molecule has 21 heavy (non-hydrogen) atoms. The largest absolute Gasteiger partial charge is 0.444 e. The Morgan fingerprint density at radius 2 is 1.90 bits per heavy atom. The molecule has 3 heteroatoms. The Bertz CT molecular complexity index is 460. The summed E-state index contributed by atoms with van der Waals surface area (Å²) >= 11 is 0. The molecular weight excluding hydrogens is 262 g/mol. The van der Waals surface area contributed by atoms with Crippen LogP contribution in [-0.2, 0) is 4.74 Å². The van der Waals surface area contributed by atoms with Gasteiger partial charge in [-0.15, -0.1) is 0 Å². The zero-order valence-corrected chi connectivity index (χ0v) is 13.7. The zero-order valence-electron chi connectivity index (χ0n) is 13.7. The van der Waals surface area contributed by atoms with Crippen LogP contribution in [0.15, 0.2) is 36.4 Å². The number of rotatable bonds is 5. The van der Waals surface area contributed by atoms with E-state index in [2.05, 4.69) is 19.2 Å². The predicted molar refractivity (Wildman–Crippen MR) is 88.1 cm³/mol. The summed E-state index contributed by atoms with van der Waals surface area (Å²) in [6, 6.07) is 10.0. The lowest BCUT2D eigenvalue weighted by atomic mass is 9.98. The number of nitrogens with one attached hydrogen (secondary N) is 1.